The number of carboxylic acid groups (broad SMARTS) is 2. The fraction of sp³-hybridized carbons (Fsp3) is 0.238. The van der Waals surface area contributed by atoms with Crippen LogP contribution in [0.5, 0.6) is 0 Å². The number of piperidine rings is 1. The summed E-state index contributed by atoms with van der Waals surface area (Å²) in [6, 6.07) is 11.3. The zero-order valence-corrected chi connectivity index (χ0v) is 16.8. The van der Waals surface area contributed by atoms with E-state index >= 15 is 0 Å². The maximum Gasteiger partial charge on any atom is 0.328 e. The number of fused-ring (bicyclic) bond motifs is 2. The molecule has 2 aliphatic rings. The molecule has 0 amide bonds. The second-order valence-corrected chi connectivity index (χ2v) is 8.47. The second kappa shape index (κ2) is 9.73. The predicted molar refractivity (Wildman–Crippen MR) is 113 cm³/mol. The van der Waals surface area contributed by atoms with Crippen molar-refractivity contribution in [1.29, 1.82) is 0 Å². The number of hydrogen-bond donors (Lipinski definition) is 3. The summed E-state index contributed by atoms with van der Waals surface area (Å²) in [7, 11) is 0. The summed E-state index contributed by atoms with van der Waals surface area (Å²) >= 11 is 3.89. The average Bonchev–Trinajstić information content (AvgIpc) is 3.09. The van der Waals surface area contributed by atoms with E-state index in [1.165, 1.54) is 39.3 Å². The van der Waals surface area contributed by atoms with E-state index < -0.39 is 11.9 Å². The van der Waals surface area contributed by atoms with E-state index in [-0.39, 0.29) is 0 Å². The molecule has 1 aromatic heterocycles. The van der Waals surface area contributed by atoms with Crippen LogP contribution in [-0.4, -0.2) is 35.2 Å². The molecular weight excluding hydrogens is 394 g/mol. The summed E-state index contributed by atoms with van der Waals surface area (Å²) in [5, 5.41) is 21.3. The third-order valence-corrected chi connectivity index (χ3v) is 6.76. The molecule has 0 aliphatic carbocycles. The molecule has 2 aliphatic heterocycles. The molecule has 0 saturated carbocycles. The van der Waals surface area contributed by atoms with Crippen molar-refractivity contribution in [1.82, 2.24) is 5.32 Å². The van der Waals surface area contributed by atoms with Gasteiger partial charge in [-0.05, 0) is 54.1 Å². The molecule has 146 valence electrons. The van der Waals surface area contributed by atoms with Crippen LogP contribution in [0.2, 0.25) is 0 Å². The molecule has 0 atom stereocenters. The maximum atomic E-state index is 9.55. The number of carboxylic acids is 2. The van der Waals surface area contributed by atoms with E-state index in [0.717, 1.165) is 18.8 Å². The topological polar surface area (TPSA) is 86.6 Å². The Morgan fingerprint density at radius 2 is 1.64 bits per heavy atom. The van der Waals surface area contributed by atoms with Crippen LogP contribution >= 0.6 is 23.1 Å². The van der Waals surface area contributed by atoms with Gasteiger partial charge in [0, 0.05) is 23.5 Å². The third kappa shape index (κ3) is 5.13. The Kier molecular flexibility index (Phi) is 7.08. The Bertz CT molecular complexity index is 906. The number of carbonyl (C=O) groups is 2. The first kappa shape index (κ1) is 20.4. The van der Waals surface area contributed by atoms with Gasteiger partial charge < -0.3 is 15.5 Å². The standard InChI is InChI=1S/C17H17NS2.C4H4O4/c1-2-4-14-13(3-1)11-20-17-15(7-10-19-17)16(14)12-5-8-18-9-6-12;5-3(6)1-2-4(7)8/h1-4,7,10,18H,5-6,8-9,11H2;1-2H,(H,5,6)(H,7,8). The van der Waals surface area contributed by atoms with Gasteiger partial charge in [-0.15, -0.1) is 23.1 Å². The highest BCUT2D eigenvalue weighted by molar-refractivity contribution is 8.00. The molecular formula is C21H21NO4S2. The van der Waals surface area contributed by atoms with Gasteiger partial charge in [-0.1, -0.05) is 29.8 Å². The van der Waals surface area contributed by atoms with Crippen molar-refractivity contribution >= 4 is 40.6 Å². The number of aliphatic carboxylic acids is 2. The number of thioether (sulfide) groups is 1. The minimum Gasteiger partial charge on any atom is -0.478 e. The Labute approximate surface area is 171 Å². The van der Waals surface area contributed by atoms with Gasteiger partial charge in [-0.25, -0.2) is 9.59 Å². The van der Waals surface area contributed by atoms with Crippen LogP contribution in [0, 0.1) is 0 Å². The fourth-order valence-corrected chi connectivity index (χ4v) is 5.38. The highest BCUT2D eigenvalue weighted by atomic mass is 32.2. The quantitative estimate of drug-likeness (QED) is 0.636. The van der Waals surface area contributed by atoms with Crippen LogP contribution in [0.3, 0.4) is 0 Å². The molecule has 3 heterocycles. The Morgan fingerprint density at radius 1 is 0.964 bits per heavy atom. The van der Waals surface area contributed by atoms with Crippen LogP contribution in [0.4, 0.5) is 0 Å². The Balaban J connectivity index is 0.000000242. The second-order valence-electron chi connectivity index (χ2n) is 6.31. The van der Waals surface area contributed by atoms with Crippen LogP contribution in [-0.2, 0) is 15.3 Å². The lowest BCUT2D eigenvalue weighted by Gasteiger charge is -2.21. The predicted octanol–water partition coefficient (Wildman–Crippen LogP) is 4.25. The molecule has 0 bridgehead atoms. The Hall–Kier alpha value is -2.35. The van der Waals surface area contributed by atoms with Crippen LogP contribution in [0.15, 0.2) is 57.6 Å². The van der Waals surface area contributed by atoms with Crippen LogP contribution in [0.25, 0.3) is 5.57 Å². The summed E-state index contributed by atoms with van der Waals surface area (Å²) in [5.41, 5.74) is 7.60. The molecule has 0 spiro atoms. The van der Waals surface area contributed by atoms with Gasteiger partial charge in [-0.2, -0.15) is 0 Å². The first-order valence-electron chi connectivity index (χ1n) is 8.92. The van der Waals surface area contributed by atoms with Crippen molar-refractivity contribution in [2.75, 3.05) is 13.1 Å². The number of hydrogen-bond acceptors (Lipinski definition) is 5. The molecule has 1 aromatic carbocycles. The van der Waals surface area contributed by atoms with Gasteiger partial charge in [-0.3, -0.25) is 0 Å². The van der Waals surface area contributed by atoms with Crippen molar-refractivity contribution in [3.05, 3.63) is 70.1 Å². The smallest absolute Gasteiger partial charge is 0.328 e. The summed E-state index contributed by atoms with van der Waals surface area (Å²) in [5.74, 6) is -1.42. The van der Waals surface area contributed by atoms with Crippen LogP contribution < -0.4 is 5.32 Å². The van der Waals surface area contributed by atoms with Gasteiger partial charge in [0.15, 0.2) is 0 Å². The molecule has 1 saturated heterocycles. The largest absolute Gasteiger partial charge is 0.478 e. The normalized spacial score (nSPS) is 15.9. The Morgan fingerprint density at radius 3 is 2.32 bits per heavy atom. The van der Waals surface area contributed by atoms with Crippen LogP contribution in [0.1, 0.15) is 29.5 Å². The van der Waals surface area contributed by atoms with Gasteiger partial charge in [0.05, 0.1) is 4.21 Å². The van der Waals surface area contributed by atoms with Crippen molar-refractivity contribution in [2.24, 2.45) is 0 Å². The van der Waals surface area contributed by atoms with E-state index in [4.69, 9.17) is 10.2 Å². The highest BCUT2D eigenvalue weighted by Crippen LogP contribution is 2.45. The summed E-state index contributed by atoms with van der Waals surface area (Å²) in [6.07, 6.45) is 3.48. The van der Waals surface area contributed by atoms with Crippen molar-refractivity contribution in [3.8, 4) is 0 Å². The van der Waals surface area contributed by atoms with Crippen molar-refractivity contribution < 1.29 is 19.8 Å². The van der Waals surface area contributed by atoms with Gasteiger partial charge in [0.1, 0.15) is 0 Å². The molecule has 4 rings (SSSR count). The lowest BCUT2D eigenvalue weighted by atomic mass is 9.88. The summed E-state index contributed by atoms with van der Waals surface area (Å²) in [4.78, 5) is 19.1. The lowest BCUT2D eigenvalue weighted by Crippen LogP contribution is -2.23. The molecule has 2 aromatic rings. The molecule has 1 fully saturated rings. The number of thiophene rings is 1. The molecule has 0 radical (unpaired) electrons. The SMILES string of the molecule is O=C(O)C=CC(=O)O.c1ccc2c(c1)CSc1sccc1C2=C1CCNCC1. The molecule has 0 unspecified atom stereocenters. The minimum absolute atomic E-state index is 0.558. The zero-order chi connectivity index (χ0) is 19.9. The number of rotatable bonds is 2. The fourth-order valence-electron chi connectivity index (χ4n) is 3.27. The monoisotopic (exact) mass is 415 g/mol. The summed E-state index contributed by atoms with van der Waals surface area (Å²) < 4.78 is 1.49. The van der Waals surface area contributed by atoms with Gasteiger partial charge >= 0.3 is 11.9 Å². The average molecular weight is 416 g/mol. The van der Waals surface area contributed by atoms with Gasteiger partial charge in [0.2, 0.25) is 0 Å². The van der Waals surface area contributed by atoms with E-state index in [1.807, 2.05) is 23.1 Å². The number of nitrogens with one attached hydrogen (secondary N) is 1. The molecule has 7 heteroatoms. The maximum absolute atomic E-state index is 9.55. The molecule has 28 heavy (non-hydrogen) atoms. The summed E-state index contributed by atoms with van der Waals surface area (Å²) in [6.45, 7) is 2.24. The van der Waals surface area contributed by atoms with E-state index in [0.29, 0.717) is 12.2 Å². The van der Waals surface area contributed by atoms with Crippen molar-refractivity contribution in [3.63, 3.8) is 0 Å². The third-order valence-electron chi connectivity index (χ3n) is 4.47. The first-order chi connectivity index (χ1) is 13.6. The van der Waals surface area contributed by atoms with E-state index in [1.54, 1.807) is 5.57 Å². The lowest BCUT2D eigenvalue weighted by molar-refractivity contribution is -0.134. The highest BCUT2D eigenvalue weighted by Gasteiger charge is 2.23. The zero-order valence-electron chi connectivity index (χ0n) is 15.2. The molecule has 3 N–H and O–H groups in total. The van der Waals surface area contributed by atoms with E-state index in [2.05, 4.69) is 41.0 Å². The van der Waals surface area contributed by atoms with Crippen molar-refractivity contribution in [2.45, 2.75) is 22.8 Å². The van der Waals surface area contributed by atoms with Gasteiger partial charge in [0.25, 0.3) is 0 Å². The molecule has 5 nitrogen and oxygen atoms in total. The first-order valence-corrected chi connectivity index (χ1v) is 10.8. The minimum atomic E-state index is -1.26. The van der Waals surface area contributed by atoms with E-state index in [9.17, 15) is 9.59 Å². The number of benzene rings is 1.